The first kappa shape index (κ1) is 19.5. The van der Waals surface area contributed by atoms with Gasteiger partial charge >= 0.3 is 0 Å². The Morgan fingerprint density at radius 2 is 2.22 bits per heavy atom. The number of pyridine rings is 1. The summed E-state index contributed by atoms with van der Waals surface area (Å²) in [7, 11) is -1.95. The molecule has 3 rings (SSSR count). The van der Waals surface area contributed by atoms with Gasteiger partial charge in [-0.2, -0.15) is 9.40 Å². The van der Waals surface area contributed by atoms with Crippen molar-refractivity contribution >= 4 is 15.9 Å². The van der Waals surface area contributed by atoms with E-state index >= 15 is 0 Å². The van der Waals surface area contributed by atoms with Crippen molar-refractivity contribution in [3.05, 3.63) is 42.5 Å². The molecule has 146 valence electrons. The first-order valence-electron chi connectivity index (χ1n) is 9.05. The van der Waals surface area contributed by atoms with Crippen molar-refractivity contribution in [2.75, 3.05) is 13.1 Å². The lowest BCUT2D eigenvalue weighted by Gasteiger charge is -2.31. The lowest BCUT2D eigenvalue weighted by atomic mass is 9.98. The summed E-state index contributed by atoms with van der Waals surface area (Å²) in [5.74, 6) is -0.458. The van der Waals surface area contributed by atoms with Gasteiger partial charge in [-0.05, 0) is 31.9 Å². The van der Waals surface area contributed by atoms with Crippen LogP contribution in [0.4, 0.5) is 0 Å². The van der Waals surface area contributed by atoms with Gasteiger partial charge in [-0.25, -0.2) is 8.42 Å². The molecule has 1 aliphatic heterocycles. The van der Waals surface area contributed by atoms with E-state index in [4.69, 9.17) is 0 Å². The SMILES string of the molecule is C[C@H](Cc1ccccn1)NC(=O)[C@@H]1CCCN(S(=O)(=O)c2cnn(C)c2)C1. The van der Waals surface area contributed by atoms with Gasteiger partial charge < -0.3 is 5.32 Å². The van der Waals surface area contributed by atoms with Gasteiger partial charge in [-0.3, -0.25) is 14.5 Å². The van der Waals surface area contributed by atoms with E-state index in [-0.39, 0.29) is 29.3 Å². The normalized spacial score (nSPS) is 19.6. The summed E-state index contributed by atoms with van der Waals surface area (Å²) in [5.41, 5.74) is 0.912. The average molecular weight is 391 g/mol. The Morgan fingerprint density at radius 1 is 1.41 bits per heavy atom. The van der Waals surface area contributed by atoms with Crippen molar-refractivity contribution in [2.45, 2.75) is 37.1 Å². The Balaban J connectivity index is 1.61. The number of rotatable bonds is 6. The van der Waals surface area contributed by atoms with Gasteiger partial charge in [0.05, 0.1) is 12.1 Å². The van der Waals surface area contributed by atoms with Crippen LogP contribution in [0, 0.1) is 5.92 Å². The highest BCUT2D eigenvalue weighted by Crippen LogP contribution is 2.23. The fourth-order valence-corrected chi connectivity index (χ4v) is 4.81. The van der Waals surface area contributed by atoms with Crippen molar-refractivity contribution in [1.29, 1.82) is 0 Å². The molecule has 2 aromatic heterocycles. The molecule has 0 spiro atoms. The lowest BCUT2D eigenvalue weighted by molar-refractivity contribution is -0.126. The Morgan fingerprint density at radius 3 is 2.89 bits per heavy atom. The van der Waals surface area contributed by atoms with Crippen LogP contribution < -0.4 is 5.32 Å². The minimum absolute atomic E-state index is 0.0716. The Kier molecular flexibility index (Phi) is 5.91. The summed E-state index contributed by atoms with van der Waals surface area (Å²) in [6, 6.07) is 5.62. The number of amides is 1. The Bertz CT molecular complexity index is 881. The number of nitrogens with zero attached hydrogens (tertiary/aromatic N) is 4. The monoisotopic (exact) mass is 391 g/mol. The van der Waals surface area contributed by atoms with E-state index in [0.29, 0.717) is 25.8 Å². The number of hydrogen-bond donors (Lipinski definition) is 1. The average Bonchev–Trinajstić information content (AvgIpc) is 3.10. The van der Waals surface area contributed by atoms with Crippen LogP contribution in [0.2, 0.25) is 0 Å². The molecule has 3 heterocycles. The summed E-state index contributed by atoms with van der Waals surface area (Å²) in [5, 5.41) is 6.93. The summed E-state index contributed by atoms with van der Waals surface area (Å²) in [6.45, 7) is 2.55. The van der Waals surface area contributed by atoms with Gasteiger partial charge in [0, 0.05) is 50.7 Å². The zero-order valence-corrected chi connectivity index (χ0v) is 16.4. The molecule has 2 aromatic rings. The quantitative estimate of drug-likeness (QED) is 0.791. The van der Waals surface area contributed by atoms with Crippen LogP contribution in [0.5, 0.6) is 0 Å². The number of carbonyl (C=O) groups excluding carboxylic acids is 1. The molecule has 1 saturated heterocycles. The molecule has 0 saturated carbocycles. The fraction of sp³-hybridized carbons (Fsp3) is 0.500. The third kappa shape index (κ3) is 4.72. The minimum atomic E-state index is -3.62. The second kappa shape index (κ2) is 8.18. The number of carbonyl (C=O) groups is 1. The second-order valence-corrected chi connectivity index (χ2v) is 8.92. The predicted molar refractivity (Wildman–Crippen MR) is 100 cm³/mol. The van der Waals surface area contributed by atoms with Crippen LogP contribution >= 0.6 is 0 Å². The van der Waals surface area contributed by atoms with Crippen molar-refractivity contribution in [3.63, 3.8) is 0 Å². The van der Waals surface area contributed by atoms with E-state index < -0.39 is 10.0 Å². The molecular formula is C18H25N5O3S. The topological polar surface area (TPSA) is 97.2 Å². The smallest absolute Gasteiger partial charge is 0.246 e. The highest BCUT2D eigenvalue weighted by atomic mass is 32.2. The number of hydrogen-bond acceptors (Lipinski definition) is 5. The molecule has 1 N–H and O–H groups in total. The summed E-state index contributed by atoms with van der Waals surface area (Å²) < 4.78 is 28.4. The van der Waals surface area contributed by atoms with Crippen molar-refractivity contribution in [3.8, 4) is 0 Å². The molecule has 27 heavy (non-hydrogen) atoms. The molecule has 0 aliphatic carbocycles. The molecular weight excluding hydrogens is 366 g/mol. The molecule has 2 atom stereocenters. The van der Waals surface area contributed by atoms with Crippen LogP contribution in [0.15, 0.2) is 41.7 Å². The molecule has 1 fully saturated rings. The number of aryl methyl sites for hydroxylation is 1. The summed E-state index contributed by atoms with van der Waals surface area (Å²) in [4.78, 5) is 17.1. The number of sulfonamides is 1. The number of aromatic nitrogens is 3. The zero-order chi connectivity index (χ0) is 19.4. The predicted octanol–water partition coefficient (Wildman–Crippen LogP) is 0.963. The second-order valence-electron chi connectivity index (χ2n) is 6.99. The highest BCUT2D eigenvalue weighted by Gasteiger charge is 2.34. The number of piperidine rings is 1. The van der Waals surface area contributed by atoms with Gasteiger partial charge in [-0.15, -0.1) is 0 Å². The lowest BCUT2D eigenvalue weighted by Crippen LogP contribution is -2.47. The van der Waals surface area contributed by atoms with E-state index in [1.165, 1.54) is 21.4 Å². The largest absolute Gasteiger partial charge is 0.353 e. The maximum Gasteiger partial charge on any atom is 0.246 e. The minimum Gasteiger partial charge on any atom is -0.353 e. The molecule has 9 heteroatoms. The number of nitrogens with one attached hydrogen (secondary N) is 1. The van der Waals surface area contributed by atoms with E-state index in [9.17, 15) is 13.2 Å². The van der Waals surface area contributed by atoms with E-state index in [1.807, 2.05) is 25.1 Å². The van der Waals surface area contributed by atoms with Crippen molar-refractivity contribution in [1.82, 2.24) is 24.4 Å². The summed E-state index contributed by atoms with van der Waals surface area (Å²) in [6.07, 6.45) is 6.53. The van der Waals surface area contributed by atoms with Crippen LogP contribution in [0.1, 0.15) is 25.5 Å². The van der Waals surface area contributed by atoms with Crippen molar-refractivity contribution < 1.29 is 13.2 Å². The van der Waals surface area contributed by atoms with Crippen LogP contribution in [0.25, 0.3) is 0 Å². The van der Waals surface area contributed by atoms with Gasteiger partial charge in [0.15, 0.2) is 0 Å². The molecule has 0 unspecified atom stereocenters. The third-order valence-electron chi connectivity index (χ3n) is 4.70. The Labute approximate surface area is 159 Å². The van der Waals surface area contributed by atoms with E-state index in [2.05, 4.69) is 15.4 Å². The van der Waals surface area contributed by atoms with Crippen LogP contribution in [0.3, 0.4) is 0 Å². The van der Waals surface area contributed by atoms with Gasteiger partial charge in [-0.1, -0.05) is 6.07 Å². The molecule has 0 bridgehead atoms. The summed E-state index contributed by atoms with van der Waals surface area (Å²) >= 11 is 0. The maximum absolute atomic E-state index is 12.8. The van der Waals surface area contributed by atoms with Gasteiger partial charge in [0.1, 0.15) is 4.90 Å². The van der Waals surface area contributed by atoms with Crippen molar-refractivity contribution in [2.24, 2.45) is 13.0 Å². The molecule has 0 aromatic carbocycles. The first-order valence-corrected chi connectivity index (χ1v) is 10.5. The maximum atomic E-state index is 12.8. The van der Waals surface area contributed by atoms with E-state index in [1.54, 1.807) is 13.2 Å². The first-order chi connectivity index (χ1) is 12.9. The zero-order valence-electron chi connectivity index (χ0n) is 15.6. The highest BCUT2D eigenvalue weighted by molar-refractivity contribution is 7.89. The van der Waals surface area contributed by atoms with Crippen LogP contribution in [-0.4, -0.2) is 52.5 Å². The molecule has 0 radical (unpaired) electrons. The molecule has 8 nitrogen and oxygen atoms in total. The Hall–Kier alpha value is -2.26. The molecule has 1 aliphatic rings. The van der Waals surface area contributed by atoms with Crippen LogP contribution in [-0.2, 0) is 28.3 Å². The fourth-order valence-electron chi connectivity index (χ4n) is 3.30. The van der Waals surface area contributed by atoms with Gasteiger partial charge in [0.2, 0.25) is 15.9 Å². The van der Waals surface area contributed by atoms with E-state index in [0.717, 1.165) is 5.69 Å². The molecule has 1 amide bonds. The standard InChI is InChI=1S/C18H25N5O3S/c1-14(10-16-7-3-4-8-19-16)21-18(24)15-6-5-9-23(12-15)27(25,26)17-11-20-22(2)13-17/h3-4,7-8,11,13-15H,5-6,9-10,12H2,1-2H3,(H,21,24)/t14-,15-/m1/s1. The third-order valence-corrected chi connectivity index (χ3v) is 6.52. The van der Waals surface area contributed by atoms with Gasteiger partial charge in [0.25, 0.3) is 0 Å².